The van der Waals surface area contributed by atoms with Gasteiger partial charge in [0.05, 0.1) is 7.11 Å². The lowest BCUT2D eigenvalue weighted by atomic mass is 10.3. The molecule has 0 saturated heterocycles. The van der Waals surface area contributed by atoms with Crippen LogP contribution in [0.5, 0.6) is 0 Å². The average Bonchev–Trinajstić information content (AvgIpc) is 2.69. The van der Waals surface area contributed by atoms with Crippen molar-refractivity contribution in [2.24, 2.45) is 7.05 Å². The van der Waals surface area contributed by atoms with Crippen LogP contribution in [-0.4, -0.2) is 45.8 Å². The van der Waals surface area contributed by atoms with E-state index in [0.29, 0.717) is 6.54 Å². The second-order valence-electron chi connectivity index (χ2n) is 3.28. The molecule has 1 atom stereocenters. The SMILES string of the molecule is COC(=O)C(Br)CNCCc1ncn(C)n1. The van der Waals surface area contributed by atoms with Gasteiger partial charge in [-0.2, -0.15) is 5.10 Å². The van der Waals surface area contributed by atoms with Crippen molar-refractivity contribution in [1.29, 1.82) is 0 Å². The van der Waals surface area contributed by atoms with Crippen molar-refractivity contribution in [2.75, 3.05) is 20.2 Å². The first-order chi connectivity index (χ1) is 7.63. The quantitative estimate of drug-likeness (QED) is 0.450. The highest BCUT2D eigenvalue weighted by molar-refractivity contribution is 9.10. The fraction of sp³-hybridized carbons (Fsp3) is 0.667. The minimum absolute atomic E-state index is 0.275. The number of alkyl halides is 1. The van der Waals surface area contributed by atoms with E-state index in [1.54, 1.807) is 11.0 Å². The molecule has 0 saturated carbocycles. The van der Waals surface area contributed by atoms with E-state index in [-0.39, 0.29) is 10.8 Å². The van der Waals surface area contributed by atoms with Gasteiger partial charge in [0.2, 0.25) is 0 Å². The summed E-state index contributed by atoms with van der Waals surface area (Å²) in [5.74, 6) is 0.516. The summed E-state index contributed by atoms with van der Waals surface area (Å²) >= 11 is 3.22. The van der Waals surface area contributed by atoms with Crippen molar-refractivity contribution in [3.05, 3.63) is 12.2 Å². The molecular weight excluding hydrogens is 276 g/mol. The number of rotatable bonds is 6. The fourth-order valence-corrected chi connectivity index (χ4v) is 1.55. The normalized spacial score (nSPS) is 12.4. The van der Waals surface area contributed by atoms with E-state index < -0.39 is 0 Å². The molecule has 0 aromatic carbocycles. The van der Waals surface area contributed by atoms with Crippen LogP contribution < -0.4 is 5.32 Å². The number of aromatic nitrogens is 3. The van der Waals surface area contributed by atoms with Gasteiger partial charge in [-0.15, -0.1) is 0 Å². The molecule has 0 amide bonds. The third-order valence-electron chi connectivity index (χ3n) is 1.95. The maximum Gasteiger partial charge on any atom is 0.320 e. The minimum Gasteiger partial charge on any atom is -0.468 e. The molecule has 0 aliphatic heterocycles. The predicted molar refractivity (Wildman–Crippen MR) is 62.3 cm³/mol. The summed E-state index contributed by atoms with van der Waals surface area (Å²) in [6.07, 6.45) is 2.40. The number of nitrogens with zero attached hydrogens (tertiary/aromatic N) is 3. The maximum absolute atomic E-state index is 11.0. The van der Waals surface area contributed by atoms with Crippen LogP contribution in [0.3, 0.4) is 0 Å². The van der Waals surface area contributed by atoms with Gasteiger partial charge in [-0.1, -0.05) is 15.9 Å². The zero-order chi connectivity index (χ0) is 12.0. The summed E-state index contributed by atoms with van der Waals surface area (Å²) in [7, 11) is 3.20. The number of hydrogen-bond acceptors (Lipinski definition) is 5. The largest absolute Gasteiger partial charge is 0.468 e. The van der Waals surface area contributed by atoms with Gasteiger partial charge in [0.1, 0.15) is 11.2 Å². The van der Waals surface area contributed by atoms with Crippen LogP contribution in [0.2, 0.25) is 0 Å². The molecule has 7 heteroatoms. The van der Waals surface area contributed by atoms with Gasteiger partial charge in [0.15, 0.2) is 5.82 Å². The lowest BCUT2D eigenvalue weighted by Crippen LogP contribution is -2.31. The Bertz CT molecular complexity index is 342. The molecule has 0 aliphatic carbocycles. The maximum atomic E-state index is 11.0. The number of ether oxygens (including phenoxy) is 1. The van der Waals surface area contributed by atoms with E-state index in [2.05, 4.69) is 36.1 Å². The fourth-order valence-electron chi connectivity index (χ4n) is 1.14. The molecule has 6 nitrogen and oxygen atoms in total. The van der Waals surface area contributed by atoms with Crippen LogP contribution in [0.15, 0.2) is 6.33 Å². The van der Waals surface area contributed by atoms with Crippen LogP contribution in [0.4, 0.5) is 0 Å². The first-order valence-electron chi connectivity index (χ1n) is 4.90. The van der Waals surface area contributed by atoms with Crippen molar-refractivity contribution in [3.8, 4) is 0 Å². The van der Waals surface area contributed by atoms with Gasteiger partial charge >= 0.3 is 5.97 Å². The van der Waals surface area contributed by atoms with Gasteiger partial charge in [-0.25, -0.2) is 4.98 Å². The molecule has 16 heavy (non-hydrogen) atoms. The summed E-state index contributed by atoms with van der Waals surface area (Å²) in [5, 5.41) is 7.26. The summed E-state index contributed by atoms with van der Waals surface area (Å²) in [6, 6.07) is 0. The molecule has 0 fully saturated rings. The Morgan fingerprint density at radius 2 is 2.50 bits per heavy atom. The second kappa shape index (κ2) is 6.59. The topological polar surface area (TPSA) is 69.0 Å². The molecule has 90 valence electrons. The summed E-state index contributed by atoms with van der Waals surface area (Å²) in [4.78, 5) is 14.8. The van der Waals surface area contributed by atoms with Gasteiger partial charge in [-0.05, 0) is 0 Å². The molecule has 1 heterocycles. The predicted octanol–water partition coefficient (Wildman–Crippen LogP) is -0.116. The van der Waals surface area contributed by atoms with Crippen LogP contribution in [0.25, 0.3) is 0 Å². The Kier molecular flexibility index (Phi) is 5.41. The molecule has 0 spiro atoms. The number of esters is 1. The lowest BCUT2D eigenvalue weighted by Gasteiger charge is -2.07. The summed E-state index contributed by atoms with van der Waals surface area (Å²) < 4.78 is 6.24. The Hall–Kier alpha value is -0.950. The molecule has 1 N–H and O–H groups in total. The van der Waals surface area contributed by atoms with Crippen molar-refractivity contribution in [1.82, 2.24) is 20.1 Å². The number of halogens is 1. The third kappa shape index (κ3) is 4.28. The van der Waals surface area contributed by atoms with Crippen molar-refractivity contribution in [2.45, 2.75) is 11.2 Å². The Morgan fingerprint density at radius 1 is 1.75 bits per heavy atom. The Balaban J connectivity index is 2.14. The van der Waals surface area contributed by atoms with Gasteiger partial charge < -0.3 is 10.1 Å². The minimum atomic E-state index is -0.311. The molecule has 0 bridgehead atoms. The van der Waals surface area contributed by atoms with Crippen molar-refractivity contribution < 1.29 is 9.53 Å². The number of carbonyl (C=O) groups excluding carboxylic acids is 1. The highest BCUT2D eigenvalue weighted by Gasteiger charge is 2.13. The monoisotopic (exact) mass is 290 g/mol. The zero-order valence-electron chi connectivity index (χ0n) is 9.31. The summed E-state index contributed by atoms with van der Waals surface area (Å²) in [6.45, 7) is 1.25. The van der Waals surface area contributed by atoms with Crippen LogP contribution >= 0.6 is 15.9 Å². The van der Waals surface area contributed by atoms with E-state index >= 15 is 0 Å². The van der Waals surface area contributed by atoms with E-state index in [1.165, 1.54) is 7.11 Å². The molecule has 1 aromatic heterocycles. The number of hydrogen-bond donors (Lipinski definition) is 1. The van der Waals surface area contributed by atoms with Crippen molar-refractivity contribution >= 4 is 21.9 Å². The van der Waals surface area contributed by atoms with Crippen LogP contribution in [0, 0.1) is 0 Å². The molecule has 0 radical (unpaired) electrons. The van der Waals surface area contributed by atoms with Crippen LogP contribution in [-0.2, 0) is 23.0 Å². The van der Waals surface area contributed by atoms with E-state index in [1.807, 2.05) is 7.05 Å². The third-order valence-corrected chi connectivity index (χ3v) is 2.65. The Morgan fingerprint density at radius 3 is 3.06 bits per heavy atom. The summed E-state index contributed by atoms with van der Waals surface area (Å²) in [5.41, 5.74) is 0. The van der Waals surface area contributed by atoms with Gasteiger partial charge in [0, 0.05) is 26.6 Å². The zero-order valence-corrected chi connectivity index (χ0v) is 10.9. The first kappa shape index (κ1) is 13.1. The highest BCUT2D eigenvalue weighted by atomic mass is 79.9. The van der Waals surface area contributed by atoms with Gasteiger partial charge in [-0.3, -0.25) is 9.48 Å². The second-order valence-corrected chi connectivity index (χ2v) is 4.38. The lowest BCUT2D eigenvalue weighted by molar-refractivity contribution is -0.139. The number of carbonyl (C=O) groups is 1. The first-order valence-corrected chi connectivity index (χ1v) is 5.82. The molecular formula is C9H15BrN4O2. The highest BCUT2D eigenvalue weighted by Crippen LogP contribution is 1.99. The number of methoxy groups -OCH3 is 1. The van der Waals surface area contributed by atoms with E-state index in [4.69, 9.17) is 0 Å². The molecule has 1 rings (SSSR count). The van der Waals surface area contributed by atoms with Gasteiger partial charge in [0.25, 0.3) is 0 Å². The van der Waals surface area contributed by atoms with E-state index in [0.717, 1.165) is 18.8 Å². The number of aryl methyl sites for hydroxylation is 1. The molecule has 1 unspecified atom stereocenters. The average molecular weight is 291 g/mol. The van der Waals surface area contributed by atoms with Crippen molar-refractivity contribution in [3.63, 3.8) is 0 Å². The Labute approximate surface area is 103 Å². The van der Waals surface area contributed by atoms with E-state index in [9.17, 15) is 4.79 Å². The number of nitrogens with one attached hydrogen (secondary N) is 1. The molecule has 1 aromatic rings. The van der Waals surface area contributed by atoms with Crippen LogP contribution in [0.1, 0.15) is 5.82 Å². The standard InChI is InChI=1S/C9H15BrN4O2/c1-14-6-12-8(13-14)3-4-11-5-7(10)9(15)16-2/h6-7,11H,3-5H2,1-2H3. The smallest absolute Gasteiger partial charge is 0.320 e. The molecule has 0 aliphatic rings.